The molecule has 1 aliphatic carbocycles. The Morgan fingerprint density at radius 1 is 1.31 bits per heavy atom. The lowest BCUT2D eigenvalue weighted by molar-refractivity contribution is 0.192. The third kappa shape index (κ3) is 2.70. The van der Waals surface area contributed by atoms with Crippen molar-refractivity contribution < 1.29 is 4.74 Å². The second-order valence-corrected chi connectivity index (χ2v) is 4.31. The molecule has 2 rings (SSSR count). The van der Waals surface area contributed by atoms with Gasteiger partial charge in [-0.2, -0.15) is 0 Å². The summed E-state index contributed by atoms with van der Waals surface area (Å²) in [6, 6.07) is 0. The van der Waals surface area contributed by atoms with Crippen LogP contribution < -0.4 is 10.1 Å². The van der Waals surface area contributed by atoms with Gasteiger partial charge >= 0.3 is 0 Å². The van der Waals surface area contributed by atoms with E-state index < -0.39 is 0 Å². The summed E-state index contributed by atoms with van der Waals surface area (Å²) in [5, 5.41) is 3.01. The monoisotopic (exact) mass is 221 g/mol. The lowest BCUT2D eigenvalue weighted by Crippen LogP contribution is -2.27. The third-order valence-corrected chi connectivity index (χ3v) is 3.09. The van der Waals surface area contributed by atoms with E-state index >= 15 is 0 Å². The van der Waals surface area contributed by atoms with E-state index in [1.165, 1.54) is 25.7 Å². The van der Waals surface area contributed by atoms with Crippen molar-refractivity contribution in [3.05, 3.63) is 18.2 Å². The van der Waals surface area contributed by atoms with Gasteiger partial charge in [-0.15, -0.1) is 0 Å². The van der Waals surface area contributed by atoms with Gasteiger partial charge in [-0.25, -0.2) is 9.97 Å². The van der Waals surface area contributed by atoms with Gasteiger partial charge in [-0.1, -0.05) is 12.8 Å². The SMILES string of the molecule is CNC(C)Oc1cnc(C2CCCC2)nc1. The maximum Gasteiger partial charge on any atom is 0.158 e. The first kappa shape index (κ1) is 11.3. The predicted octanol–water partition coefficient (Wildman–Crippen LogP) is 2.08. The molecule has 0 amide bonds. The number of nitrogens with one attached hydrogen (secondary N) is 1. The Balaban J connectivity index is 1.98. The van der Waals surface area contributed by atoms with Crippen molar-refractivity contribution in [3.63, 3.8) is 0 Å². The standard InChI is InChI=1S/C12H19N3O/c1-9(13-2)16-11-7-14-12(15-8-11)10-5-3-4-6-10/h7-10,13H,3-6H2,1-2H3. The van der Waals surface area contributed by atoms with Crippen LogP contribution in [0.5, 0.6) is 5.75 Å². The average Bonchev–Trinajstić information content (AvgIpc) is 2.83. The molecular formula is C12H19N3O. The van der Waals surface area contributed by atoms with Gasteiger partial charge < -0.3 is 4.74 Å². The second-order valence-electron chi connectivity index (χ2n) is 4.31. The molecule has 1 fully saturated rings. The molecular weight excluding hydrogens is 202 g/mol. The summed E-state index contributed by atoms with van der Waals surface area (Å²) >= 11 is 0. The zero-order valence-corrected chi connectivity index (χ0v) is 9.94. The number of nitrogens with zero attached hydrogens (tertiary/aromatic N) is 2. The van der Waals surface area contributed by atoms with Crippen molar-refractivity contribution in [1.82, 2.24) is 15.3 Å². The van der Waals surface area contributed by atoms with E-state index in [0.29, 0.717) is 5.92 Å². The molecule has 4 nitrogen and oxygen atoms in total. The summed E-state index contributed by atoms with van der Waals surface area (Å²) < 4.78 is 5.55. The fourth-order valence-electron chi connectivity index (χ4n) is 2.04. The van der Waals surface area contributed by atoms with Crippen molar-refractivity contribution in [1.29, 1.82) is 0 Å². The topological polar surface area (TPSA) is 47.0 Å². The molecule has 0 aliphatic heterocycles. The molecule has 0 bridgehead atoms. The first-order valence-electron chi connectivity index (χ1n) is 5.95. The van der Waals surface area contributed by atoms with Crippen LogP contribution in [0, 0.1) is 0 Å². The Bertz CT molecular complexity index is 320. The highest BCUT2D eigenvalue weighted by atomic mass is 16.5. The maximum absolute atomic E-state index is 5.55. The summed E-state index contributed by atoms with van der Waals surface area (Å²) in [4.78, 5) is 8.77. The minimum atomic E-state index is -0.0130. The van der Waals surface area contributed by atoms with Crippen molar-refractivity contribution >= 4 is 0 Å². The van der Waals surface area contributed by atoms with Gasteiger partial charge in [0.25, 0.3) is 0 Å². The van der Waals surface area contributed by atoms with Crippen LogP contribution >= 0.6 is 0 Å². The zero-order chi connectivity index (χ0) is 11.4. The minimum Gasteiger partial charge on any atom is -0.472 e. The Morgan fingerprint density at radius 2 is 1.94 bits per heavy atom. The molecule has 1 aromatic heterocycles. The van der Waals surface area contributed by atoms with Gasteiger partial charge in [0.05, 0.1) is 12.4 Å². The molecule has 88 valence electrons. The molecule has 1 saturated carbocycles. The van der Waals surface area contributed by atoms with Gasteiger partial charge in [0, 0.05) is 5.92 Å². The summed E-state index contributed by atoms with van der Waals surface area (Å²) in [5.41, 5.74) is 0. The highest BCUT2D eigenvalue weighted by Crippen LogP contribution is 2.32. The van der Waals surface area contributed by atoms with Crippen molar-refractivity contribution in [2.75, 3.05) is 7.05 Å². The van der Waals surface area contributed by atoms with Crippen LogP contribution in [0.25, 0.3) is 0 Å². The van der Waals surface area contributed by atoms with Gasteiger partial charge in [-0.05, 0) is 26.8 Å². The van der Waals surface area contributed by atoms with Crippen LogP contribution in [0.1, 0.15) is 44.3 Å². The molecule has 0 saturated heterocycles. The second kappa shape index (κ2) is 5.25. The van der Waals surface area contributed by atoms with Crippen LogP contribution in [-0.2, 0) is 0 Å². The normalized spacial score (nSPS) is 18.6. The van der Waals surface area contributed by atoms with E-state index in [-0.39, 0.29) is 6.23 Å². The quantitative estimate of drug-likeness (QED) is 0.791. The summed E-state index contributed by atoms with van der Waals surface area (Å²) in [6.45, 7) is 1.95. The fraction of sp³-hybridized carbons (Fsp3) is 0.667. The van der Waals surface area contributed by atoms with Crippen molar-refractivity contribution in [3.8, 4) is 5.75 Å². The van der Waals surface area contributed by atoms with Gasteiger partial charge in [0.2, 0.25) is 0 Å². The highest BCUT2D eigenvalue weighted by molar-refractivity contribution is 5.14. The van der Waals surface area contributed by atoms with E-state index in [4.69, 9.17) is 4.74 Å². The van der Waals surface area contributed by atoms with Gasteiger partial charge in [-0.3, -0.25) is 5.32 Å². The molecule has 0 spiro atoms. The Hall–Kier alpha value is -1.16. The van der Waals surface area contributed by atoms with E-state index in [1.54, 1.807) is 12.4 Å². The summed E-state index contributed by atoms with van der Waals surface area (Å²) in [6.07, 6.45) is 8.61. The maximum atomic E-state index is 5.55. The summed E-state index contributed by atoms with van der Waals surface area (Å²) in [7, 11) is 1.86. The van der Waals surface area contributed by atoms with Crippen LogP contribution in [0.2, 0.25) is 0 Å². The lowest BCUT2D eigenvalue weighted by Gasteiger charge is -2.13. The average molecular weight is 221 g/mol. The molecule has 0 radical (unpaired) electrons. The molecule has 1 aliphatic rings. The van der Waals surface area contributed by atoms with Gasteiger partial charge in [0.15, 0.2) is 5.75 Å². The Labute approximate surface area is 96.4 Å². The van der Waals surface area contributed by atoms with E-state index in [2.05, 4.69) is 15.3 Å². The molecule has 1 heterocycles. The predicted molar refractivity (Wildman–Crippen MR) is 62.4 cm³/mol. The zero-order valence-electron chi connectivity index (χ0n) is 9.94. The van der Waals surface area contributed by atoms with Crippen molar-refractivity contribution in [2.45, 2.75) is 44.8 Å². The first-order chi connectivity index (χ1) is 7.79. The minimum absolute atomic E-state index is 0.0130. The number of hydrogen-bond donors (Lipinski definition) is 1. The number of ether oxygens (including phenoxy) is 1. The molecule has 1 N–H and O–H groups in total. The van der Waals surface area contributed by atoms with Crippen molar-refractivity contribution in [2.24, 2.45) is 0 Å². The molecule has 16 heavy (non-hydrogen) atoms. The fourth-order valence-corrected chi connectivity index (χ4v) is 2.04. The summed E-state index contributed by atoms with van der Waals surface area (Å²) in [5.74, 6) is 2.27. The molecule has 1 aromatic rings. The third-order valence-electron chi connectivity index (χ3n) is 3.09. The van der Waals surface area contributed by atoms with Crippen LogP contribution in [0.4, 0.5) is 0 Å². The molecule has 0 aromatic carbocycles. The van der Waals surface area contributed by atoms with Crippen LogP contribution in [0.15, 0.2) is 12.4 Å². The van der Waals surface area contributed by atoms with Gasteiger partial charge in [0.1, 0.15) is 12.1 Å². The first-order valence-corrected chi connectivity index (χ1v) is 5.95. The largest absolute Gasteiger partial charge is 0.472 e. The Kier molecular flexibility index (Phi) is 3.72. The lowest BCUT2D eigenvalue weighted by atomic mass is 10.1. The van der Waals surface area contributed by atoms with Crippen LogP contribution in [0.3, 0.4) is 0 Å². The number of aromatic nitrogens is 2. The number of rotatable bonds is 4. The van der Waals surface area contributed by atoms with E-state index in [0.717, 1.165) is 11.6 Å². The molecule has 4 heteroatoms. The Morgan fingerprint density at radius 3 is 2.50 bits per heavy atom. The van der Waals surface area contributed by atoms with E-state index in [9.17, 15) is 0 Å². The molecule has 1 unspecified atom stereocenters. The van der Waals surface area contributed by atoms with E-state index in [1.807, 2.05) is 14.0 Å². The van der Waals surface area contributed by atoms with Crippen LogP contribution in [-0.4, -0.2) is 23.2 Å². The molecule has 1 atom stereocenters. The number of hydrogen-bond acceptors (Lipinski definition) is 4. The smallest absolute Gasteiger partial charge is 0.158 e. The highest BCUT2D eigenvalue weighted by Gasteiger charge is 2.19.